The lowest BCUT2D eigenvalue weighted by atomic mass is 10.4. The molecule has 0 radical (unpaired) electrons. The SMILES string of the molecule is CCN(CC)C(=O)NCC(C)O. The molecule has 0 aliphatic heterocycles. The fraction of sp³-hybridized carbons (Fsp3) is 0.875. The molecule has 72 valence electrons. The summed E-state index contributed by atoms with van der Waals surface area (Å²) in [7, 11) is 0. The van der Waals surface area contributed by atoms with Gasteiger partial charge in [0.15, 0.2) is 0 Å². The Bertz CT molecular complexity index is 133. The van der Waals surface area contributed by atoms with Crippen molar-refractivity contribution in [3.05, 3.63) is 0 Å². The van der Waals surface area contributed by atoms with E-state index in [9.17, 15) is 4.79 Å². The summed E-state index contributed by atoms with van der Waals surface area (Å²) in [6.45, 7) is 7.19. The summed E-state index contributed by atoms with van der Waals surface area (Å²) in [4.78, 5) is 12.9. The molecule has 12 heavy (non-hydrogen) atoms. The van der Waals surface area contributed by atoms with Crippen molar-refractivity contribution in [2.24, 2.45) is 0 Å². The van der Waals surface area contributed by atoms with Crippen LogP contribution in [0.5, 0.6) is 0 Å². The van der Waals surface area contributed by atoms with Crippen LogP contribution >= 0.6 is 0 Å². The van der Waals surface area contributed by atoms with Gasteiger partial charge in [-0.1, -0.05) is 0 Å². The second-order valence-corrected chi connectivity index (χ2v) is 2.71. The van der Waals surface area contributed by atoms with E-state index in [1.54, 1.807) is 11.8 Å². The third-order valence-corrected chi connectivity index (χ3v) is 1.60. The zero-order valence-corrected chi connectivity index (χ0v) is 8.00. The minimum atomic E-state index is -0.482. The zero-order chi connectivity index (χ0) is 9.56. The molecule has 1 unspecified atom stereocenters. The van der Waals surface area contributed by atoms with Crippen molar-refractivity contribution in [3.8, 4) is 0 Å². The molecule has 0 bridgehead atoms. The number of aliphatic hydroxyl groups is 1. The third-order valence-electron chi connectivity index (χ3n) is 1.60. The molecule has 0 aliphatic rings. The molecule has 0 heterocycles. The number of carbonyl (C=O) groups is 1. The molecule has 4 nitrogen and oxygen atoms in total. The molecule has 0 fully saturated rings. The number of urea groups is 1. The predicted octanol–water partition coefficient (Wildman–Crippen LogP) is 0.419. The molecule has 0 saturated carbocycles. The summed E-state index contributed by atoms with van der Waals surface area (Å²) in [6.07, 6.45) is -0.482. The van der Waals surface area contributed by atoms with Crippen molar-refractivity contribution >= 4 is 6.03 Å². The number of nitrogens with zero attached hydrogens (tertiary/aromatic N) is 1. The van der Waals surface area contributed by atoms with Crippen LogP contribution in [0.25, 0.3) is 0 Å². The number of aliphatic hydroxyl groups excluding tert-OH is 1. The van der Waals surface area contributed by atoms with Crippen LogP contribution in [0.15, 0.2) is 0 Å². The first-order valence-electron chi connectivity index (χ1n) is 4.32. The van der Waals surface area contributed by atoms with Crippen LogP contribution < -0.4 is 5.32 Å². The van der Waals surface area contributed by atoms with Crippen molar-refractivity contribution in [1.82, 2.24) is 10.2 Å². The summed E-state index contributed by atoms with van der Waals surface area (Å²) >= 11 is 0. The Morgan fingerprint density at radius 3 is 2.33 bits per heavy atom. The Kier molecular flexibility index (Phi) is 5.45. The number of carbonyl (C=O) groups excluding carboxylic acids is 1. The van der Waals surface area contributed by atoms with E-state index in [2.05, 4.69) is 5.32 Å². The van der Waals surface area contributed by atoms with Crippen molar-refractivity contribution in [2.45, 2.75) is 26.9 Å². The van der Waals surface area contributed by atoms with Crippen LogP contribution in [-0.4, -0.2) is 41.8 Å². The van der Waals surface area contributed by atoms with Gasteiger partial charge in [-0.05, 0) is 20.8 Å². The lowest BCUT2D eigenvalue weighted by Crippen LogP contribution is -2.42. The highest BCUT2D eigenvalue weighted by Gasteiger charge is 2.08. The van der Waals surface area contributed by atoms with Gasteiger partial charge in [-0.25, -0.2) is 4.79 Å². The zero-order valence-electron chi connectivity index (χ0n) is 8.00. The summed E-state index contributed by atoms with van der Waals surface area (Å²) < 4.78 is 0. The van der Waals surface area contributed by atoms with Gasteiger partial charge in [0, 0.05) is 19.6 Å². The Labute approximate surface area is 73.6 Å². The highest BCUT2D eigenvalue weighted by molar-refractivity contribution is 5.74. The van der Waals surface area contributed by atoms with Crippen LogP contribution in [0, 0.1) is 0 Å². The van der Waals surface area contributed by atoms with Crippen molar-refractivity contribution < 1.29 is 9.90 Å². The Morgan fingerprint density at radius 2 is 2.00 bits per heavy atom. The van der Waals surface area contributed by atoms with E-state index >= 15 is 0 Å². The van der Waals surface area contributed by atoms with Gasteiger partial charge in [0.2, 0.25) is 0 Å². The molecule has 2 N–H and O–H groups in total. The Morgan fingerprint density at radius 1 is 1.50 bits per heavy atom. The average Bonchev–Trinajstić information content (AvgIpc) is 2.03. The molecule has 0 spiro atoms. The fourth-order valence-corrected chi connectivity index (χ4v) is 0.858. The highest BCUT2D eigenvalue weighted by Crippen LogP contribution is 1.87. The van der Waals surface area contributed by atoms with E-state index in [1.807, 2.05) is 13.8 Å². The summed E-state index contributed by atoms with van der Waals surface area (Å²) in [5.74, 6) is 0. The van der Waals surface area contributed by atoms with Crippen molar-refractivity contribution in [2.75, 3.05) is 19.6 Å². The van der Waals surface area contributed by atoms with Gasteiger partial charge in [0.05, 0.1) is 6.10 Å². The largest absolute Gasteiger partial charge is 0.392 e. The maximum absolute atomic E-state index is 11.2. The van der Waals surface area contributed by atoms with E-state index in [-0.39, 0.29) is 6.03 Å². The standard InChI is InChI=1S/C8H18N2O2/c1-4-10(5-2)8(12)9-6-7(3)11/h7,11H,4-6H2,1-3H3,(H,9,12). The predicted molar refractivity (Wildman–Crippen MR) is 48.0 cm³/mol. The quantitative estimate of drug-likeness (QED) is 0.649. The summed E-state index contributed by atoms with van der Waals surface area (Å²) in [6, 6.07) is -0.110. The number of nitrogens with one attached hydrogen (secondary N) is 1. The van der Waals surface area contributed by atoms with Crippen molar-refractivity contribution in [3.63, 3.8) is 0 Å². The minimum Gasteiger partial charge on any atom is -0.392 e. The molecule has 0 aliphatic carbocycles. The minimum absolute atomic E-state index is 0.110. The normalized spacial score (nSPS) is 12.3. The van der Waals surface area contributed by atoms with Crippen LogP contribution in [-0.2, 0) is 0 Å². The Hall–Kier alpha value is -0.770. The molecule has 0 rings (SSSR count). The second-order valence-electron chi connectivity index (χ2n) is 2.71. The van der Waals surface area contributed by atoms with Crippen LogP contribution in [0.3, 0.4) is 0 Å². The molecule has 0 aromatic carbocycles. The smallest absolute Gasteiger partial charge is 0.317 e. The molecular weight excluding hydrogens is 156 g/mol. The number of amides is 2. The van der Waals surface area contributed by atoms with E-state index in [1.165, 1.54) is 0 Å². The first kappa shape index (κ1) is 11.2. The average molecular weight is 174 g/mol. The van der Waals surface area contributed by atoms with Gasteiger partial charge < -0.3 is 15.3 Å². The van der Waals surface area contributed by atoms with Crippen LogP contribution in [0.2, 0.25) is 0 Å². The van der Waals surface area contributed by atoms with E-state index < -0.39 is 6.10 Å². The maximum Gasteiger partial charge on any atom is 0.317 e. The molecule has 0 aromatic heterocycles. The van der Waals surface area contributed by atoms with Crippen LogP contribution in [0.4, 0.5) is 4.79 Å². The van der Waals surface area contributed by atoms with E-state index in [4.69, 9.17) is 5.11 Å². The van der Waals surface area contributed by atoms with Gasteiger partial charge in [-0.3, -0.25) is 0 Å². The first-order chi connectivity index (χ1) is 5.61. The lowest BCUT2D eigenvalue weighted by Gasteiger charge is -2.19. The van der Waals surface area contributed by atoms with Gasteiger partial charge in [0.1, 0.15) is 0 Å². The maximum atomic E-state index is 11.2. The summed E-state index contributed by atoms with van der Waals surface area (Å²) in [5.41, 5.74) is 0. The van der Waals surface area contributed by atoms with Crippen molar-refractivity contribution in [1.29, 1.82) is 0 Å². The second kappa shape index (κ2) is 5.83. The lowest BCUT2D eigenvalue weighted by molar-refractivity contribution is 0.174. The Balaban J connectivity index is 3.69. The van der Waals surface area contributed by atoms with Gasteiger partial charge in [-0.15, -0.1) is 0 Å². The topological polar surface area (TPSA) is 52.6 Å². The third kappa shape index (κ3) is 4.18. The summed E-state index contributed by atoms with van der Waals surface area (Å²) in [5, 5.41) is 11.5. The van der Waals surface area contributed by atoms with Gasteiger partial charge >= 0.3 is 6.03 Å². The van der Waals surface area contributed by atoms with E-state index in [0.29, 0.717) is 19.6 Å². The molecule has 1 atom stereocenters. The molecule has 0 saturated heterocycles. The monoisotopic (exact) mass is 174 g/mol. The van der Waals surface area contributed by atoms with E-state index in [0.717, 1.165) is 0 Å². The van der Waals surface area contributed by atoms with Crippen LogP contribution in [0.1, 0.15) is 20.8 Å². The fourth-order valence-electron chi connectivity index (χ4n) is 0.858. The van der Waals surface area contributed by atoms with Gasteiger partial charge in [-0.2, -0.15) is 0 Å². The molecule has 2 amide bonds. The molecule has 4 heteroatoms. The highest BCUT2D eigenvalue weighted by atomic mass is 16.3. The molecular formula is C8H18N2O2. The number of hydrogen-bond acceptors (Lipinski definition) is 2. The van der Waals surface area contributed by atoms with Gasteiger partial charge in [0.25, 0.3) is 0 Å². The number of rotatable bonds is 4. The first-order valence-corrected chi connectivity index (χ1v) is 4.32. The molecule has 0 aromatic rings. The number of hydrogen-bond donors (Lipinski definition) is 2.